The molecule has 0 bridgehead atoms. The third-order valence-electron chi connectivity index (χ3n) is 6.49. The Kier molecular flexibility index (Phi) is 8.30. The van der Waals surface area contributed by atoms with Crippen molar-refractivity contribution < 1.29 is 33.3 Å². The summed E-state index contributed by atoms with van der Waals surface area (Å²) in [7, 11) is 1.57. The van der Waals surface area contributed by atoms with Crippen LogP contribution >= 0.6 is 0 Å². The van der Waals surface area contributed by atoms with E-state index in [0.29, 0.717) is 30.2 Å². The van der Waals surface area contributed by atoms with E-state index in [4.69, 9.17) is 18.9 Å². The molecule has 1 fully saturated rings. The second-order valence-corrected chi connectivity index (χ2v) is 8.84. The highest BCUT2D eigenvalue weighted by atomic mass is 16.7. The van der Waals surface area contributed by atoms with Gasteiger partial charge in [0.2, 0.25) is 12.7 Å². The molecule has 2 unspecified atom stereocenters. The fourth-order valence-electron chi connectivity index (χ4n) is 4.63. The highest BCUT2D eigenvalue weighted by Gasteiger charge is 2.42. The Morgan fingerprint density at radius 3 is 2.75 bits per heavy atom. The molecule has 4 rings (SSSR count). The molecular formula is C27H32N2O7. The maximum atomic E-state index is 13.2. The minimum atomic E-state index is -0.600. The van der Waals surface area contributed by atoms with Crippen LogP contribution in [0.4, 0.5) is 0 Å². The van der Waals surface area contributed by atoms with Crippen molar-refractivity contribution in [3.05, 3.63) is 53.6 Å². The van der Waals surface area contributed by atoms with E-state index in [-0.39, 0.29) is 25.7 Å². The number of piperidine rings is 1. The van der Waals surface area contributed by atoms with Crippen LogP contribution in [-0.2, 0) is 25.7 Å². The van der Waals surface area contributed by atoms with Gasteiger partial charge in [-0.1, -0.05) is 37.6 Å². The molecule has 1 N–H and O–H groups in total. The van der Waals surface area contributed by atoms with E-state index in [1.165, 1.54) is 0 Å². The number of likely N-dealkylation sites (tertiary alicyclic amines) is 1. The summed E-state index contributed by atoms with van der Waals surface area (Å²) < 4.78 is 21.6. The van der Waals surface area contributed by atoms with Crippen LogP contribution in [0.15, 0.2) is 42.5 Å². The molecule has 0 aliphatic carbocycles. The first-order chi connectivity index (χ1) is 17.5. The van der Waals surface area contributed by atoms with Gasteiger partial charge < -0.3 is 29.2 Å². The Labute approximate surface area is 210 Å². The summed E-state index contributed by atoms with van der Waals surface area (Å²) in [6.07, 6.45) is 2.34. The van der Waals surface area contributed by atoms with Crippen LogP contribution in [0.3, 0.4) is 0 Å². The van der Waals surface area contributed by atoms with Gasteiger partial charge in [-0.15, -0.1) is 0 Å². The predicted octanol–water partition coefficient (Wildman–Crippen LogP) is 3.36. The molecule has 9 nitrogen and oxygen atoms in total. The van der Waals surface area contributed by atoms with Crippen molar-refractivity contribution in [2.24, 2.45) is 5.92 Å². The number of carbonyl (C=O) groups excluding carboxylic acids is 3. The predicted molar refractivity (Wildman–Crippen MR) is 130 cm³/mol. The van der Waals surface area contributed by atoms with Crippen LogP contribution in [0, 0.1) is 5.92 Å². The first kappa shape index (κ1) is 25.3. The Balaban J connectivity index is 1.41. The molecule has 0 spiro atoms. The zero-order chi connectivity index (χ0) is 25.5. The van der Waals surface area contributed by atoms with Crippen LogP contribution in [0.2, 0.25) is 0 Å². The highest BCUT2D eigenvalue weighted by Crippen LogP contribution is 2.41. The van der Waals surface area contributed by atoms with Crippen molar-refractivity contribution >= 4 is 17.8 Å². The number of benzene rings is 2. The molecule has 36 heavy (non-hydrogen) atoms. The molecule has 2 aromatic rings. The third-order valence-corrected chi connectivity index (χ3v) is 6.49. The number of nitrogens with zero attached hydrogens (tertiary/aromatic N) is 1. The van der Waals surface area contributed by atoms with Crippen molar-refractivity contribution in [3.63, 3.8) is 0 Å². The molecule has 0 radical (unpaired) electrons. The summed E-state index contributed by atoms with van der Waals surface area (Å²) in [6.45, 7) is 2.64. The maximum absolute atomic E-state index is 13.2. The number of unbranched alkanes of at least 4 members (excludes halogenated alkanes) is 1. The van der Waals surface area contributed by atoms with Gasteiger partial charge in [0.1, 0.15) is 5.75 Å². The van der Waals surface area contributed by atoms with Crippen LogP contribution in [0.1, 0.15) is 49.8 Å². The molecule has 2 heterocycles. The molecule has 2 atom stereocenters. The number of amides is 2. The fourth-order valence-corrected chi connectivity index (χ4v) is 4.63. The maximum Gasteiger partial charge on any atom is 0.311 e. The van der Waals surface area contributed by atoms with Crippen molar-refractivity contribution in [1.29, 1.82) is 0 Å². The first-order valence-corrected chi connectivity index (χ1v) is 12.3. The monoisotopic (exact) mass is 496 g/mol. The average Bonchev–Trinajstić information content (AvgIpc) is 3.37. The summed E-state index contributed by atoms with van der Waals surface area (Å²) >= 11 is 0. The van der Waals surface area contributed by atoms with E-state index < -0.39 is 30.4 Å². The molecule has 2 aromatic carbocycles. The van der Waals surface area contributed by atoms with Crippen molar-refractivity contribution in [2.75, 3.05) is 27.1 Å². The molecule has 2 amide bonds. The lowest BCUT2D eigenvalue weighted by Crippen LogP contribution is -2.46. The number of ether oxygens (including phenoxy) is 4. The van der Waals surface area contributed by atoms with E-state index in [9.17, 15) is 14.4 Å². The largest absolute Gasteiger partial charge is 0.496 e. The Morgan fingerprint density at radius 1 is 1.14 bits per heavy atom. The van der Waals surface area contributed by atoms with Gasteiger partial charge in [0.05, 0.1) is 19.1 Å². The SMILES string of the molecule is CCCCN1C(=O)CCC(C(=O)OCC(=O)NCc2ccc3c(c2)OCO3)C1c1ccccc1OC. The highest BCUT2D eigenvalue weighted by molar-refractivity contribution is 5.84. The Hall–Kier alpha value is -3.75. The quantitative estimate of drug-likeness (QED) is 0.503. The summed E-state index contributed by atoms with van der Waals surface area (Å²) in [5, 5.41) is 2.76. The Bertz CT molecular complexity index is 1100. The Morgan fingerprint density at radius 2 is 1.94 bits per heavy atom. The van der Waals surface area contributed by atoms with E-state index in [0.717, 1.165) is 24.0 Å². The molecule has 192 valence electrons. The molecule has 9 heteroatoms. The molecule has 1 saturated heterocycles. The van der Waals surface area contributed by atoms with E-state index in [1.54, 1.807) is 24.1 Å². The van der Waals surface area contributed by atoms with Gasteiger partial charge in [-0.2, -0.15) is 0 Å². The van der Waals surface area contributed by atoms with Crippen molar-refractivity contribution in [2.45, 2.75) is 45.2 Å². The number of rotatable bonds is 10. The average molecular weight is 497 g/mol. The standard InChI is InChI=1S/C27H32N2O7/c1-3-4-13-29-25(31)12-10-20(26(29)19-7-5-6-8-21(19)33-2)27(32)34-16-24(30)28-15-18-9-11-22-23(14-18)36-17-35-22/h5-9,11,14,20,26H,3-4,10,12-13,15-17H2,1-2H3,(H,28,30). The summed E-state index contributed by atoms with van der Waals surface area (Å²) in [5.41, 5.74) is 1.60. The van der Waals surface area contributed by atoms with Gasteiger partial charge >= 0.3 is 5.97 Å². The van der Waals surface area contributed by atoms with E-state index in [2.05, 4.69) is 12.2 Å². The summed E-state index contributed by atoms with van der Waals surface area (Å²) in [5.74, 6) is 0.403. The molecule has 0 aromatic heterocycles. The normalized spacial score (nSPS) is 18.6. The van der Waals surface area contributed by atoms with Gasteiger partial charge in [-0.05, 0) is 36.6 Å². The molecule has 0 saturated carbocycles. The van der Waals surface area contributed by atoms with Crippen molar-refractivity contribution in [1.82, 2.24) is 10.2 Å². The lowest BCUT2D eigenvalue weighted by molar-refractivity contribution is -0.160. The summed E-state index contributed by atoms with van der Waals surface area (Å²) in [4.78, 5) is 40.2. The minimum Gasteiger partial charge on any atom is -0.496 e. The second-order valence-electron chi connectivity index (χ2n) is 8.84. The smallest absolute Gasteiger partial charge is 0.311 e. The lowest BCUT2D eigenvalue weighted by Gasteiger charge is -2.40. The van der Waals surface area contributed by atoms with Gasteiger partial charge in [-0.3, -0.25) is 14.4 Å². The van der Waals surface area contributed by atoms with Gasteiger partial charge in [-0.25, -0.2) is 0 Å². The number of para-hydroxylation sites is 1. The molecular weight excluding hydrogens is 464 g/mol. The van der Waals surface area contributed by atoms with Crippen LogP contribution < -0.4 is 19.5 Å². The van der Waals surface area contributed by atoms with E-state index in [1.807, 2.05) is 30.3 Å². The number of esters is 1. The second kappa shape index (κ2) is 11.8. The first-order valence-electron chi connectivity index (χ1n) is 12.3. The topological polar surface area (TPSA) is 103 Å². The number of hydrogen-bond donors (Lipinski definition) is 1. The molecule has 2 aliphatic heterocycles. The zero-order valence-corrected chi connectivity index (χ0v) is 20.7. The van der Waals surface area contributed by atoms with Gasteiger partial charge in [0.15, 0.2) is 18.1 Å². The number of hydrogen-bond acceptors (Lipinski definition) is 7. The number of methoxy groups -OCH3 is 1. The summed E-state index contributed by atoms with van der Waals surface area (Å²) in [6, 6.07) is 12.3. The van der Waals surface area contributed by atoms with Crippen LogP contribution in [0.5, 0.6) is 17.2 Å². The lowest BCUT2D eigenvalue weighted by atomic mass is 9.83. The van der Waals surface area contributed by atoms with Crippen LogP contribution in [0.25, 0.3) is 0 Å². The number of carbonyl (C=O) groups is 3. The number of nitrogens with one attached hydrogen (secondary N) is 1. The zero-order valence-electron chi connectivity index (χ0n) is 20.7. The minimum absolute atomic E-state index is 0.00451. The van der Waals surface area contributed by atoms with Crippen LogP contribution in [-0.4, -0.2) is 49.7 Å². The molecule has 2 aliphatic rings. The van der Waals surface area contributed by atoms with E-state index >= 15 is 0 Å². The van der Waals surface area contributed by atoms with Crippen molar-refractivity contribution in [3.8, 4) is 17.2 Å². The third kappa shape index (κ3) is 5.72. The fraction of sp³-hybridized carbons (Fsp3) is 0.444. The van der Waals surface area contributed by atoms with Gasteiger partial charge in [0, 0.05) is 25.1 Å². The van der Waals surface area contributed by atoms with Gasteiger partial charge in [0.25, 0.3) is 5.91 Å². The number of fused-ring (bicyclic) bond motifs is 1.